The lowest BCUT2D eigenvalue weighted by Gasteiger charge is -2.34. The van der Waals surface area contributed by atoms with Gasteiger partial charge in [-0.1, -0.05) is 6.07 Å². The van der Waals surface area contributed by atoms with Gasteiger partial charge >= 0.3 is 0 Å². The van der Waals surface area contributed by atoms with Crippen molar-refractivity contribution < 1.29 is 5.11 Å². The van der Waals surface area contributed by atoms with E-state index >= 15 is 0 Å². The Morgan fingerprint density at radius 2 is 1.56 bits per heavy atom. The maximum absolute atomic E-state index is 9.53. The van der Waals surface area contributed by atoms with Crippen LogP contribution in [0.15, 0.2) is 66.7 Å². The number of aromatic nitrogens is 3. The number of nitrogens with zero attached hydrogens (tertiary/aromatic N) is 3. The Labute approximate surface area is 186 Å². The molecule has 0 atom stereocenters. The maximum Gasteiger partial charge on any atom is 0.138 e. The van der Waals surface area contributed by atoms with Crippen molar-refractivity contribution in [2.24, 2.45) is 0 Å². The summed E-state index contributed by atoms with van der Waals surface area (Å²) in [5.41, 5.74) is 7.51. The molecule has 160 valence electrons. The van der Waals surface area contributed by atoms with Crippen LogP contribution in [0, 0.1) is 0 Å². The number of hydrogen-bond donors (Lipinski definition) is 3. The van der Waals surface area contributed by atoms with Crippen molar-refractivity contribution in [1.82, 2.24) is 19.9 Å². The highest BCUT2D eigenvalue weighted by atomic mass is 16.3. The fourth-order valence-electron chi connectivity index (χ4n) is 4.47. The molecule has 3 N–H and O–H groups in total. The number of rotatable bonds is 3. The van der Waals surface area contributed by atoms with Crippen molar-refractivity contribution >= 4 is 27.6 Å². The molecule has 0 radical (unpaired) electrons. The zero-order valence-corrected chi connectivity index (χ0v) is 18.0. The number of benzene rings is 3. The minimum atomic E-state index is 0.252. The van der Waals surface area contributed by atoms with Crippen molar-refractivity contribution in [2.45, 2.75) is 0 Å². The van der Waals surface area contributed by atoms with Crippen LogP contribution < -0.4 is 4.90 Å². The highest BCUT2D eigenvalue weighted by molar-refractivity contribution is 5.91. The Morgan fingerprint density at radius 3 is 2.38 bits per heavy atom. The molecule has 6 nitrogen and oxygen atoms in total. The number of imidazole rings is 1. The summed E-state index contributed by atoms with van der Waals surface area (Å²) >= 11 is 0. The first-order valence-electron chi connectivity index (χ1n) is 11.0. The smallest absolute Gasteiger partial charge is 0.138 e. The molecular formula is C26H25N5O. The molecule has 2 aromatic heterocycles. The molecule has 32 heavy (non-hydrogen) atoms. The summed E-state index contributed by atoms with van der Waals surface area (Å²) in [5.74, 6) is 1.05. The van der Waals surface area contributed by atoms with Crippen LogP contribution in [0.25, 0.3) is 44.6 Å². The molecule has 0 amide bonds. The number of nitrogens with one attached hydrogen (secondary N) is 2. The number of likely N-dealkylation sites (N-methyl/N-ethyl adjacent to an activating group) is 1. The number of hydrogen-bond acceptors (Lipinski definition) is 4. The third kappa shape index (κ3) is 3.39. The quantitative estimate of drug-likeness (QED) is 0.389. The number of aromatic hydroxyl groups is 1. The molecule has 3 aromatic carbocycles. The second-order valence-corrected chi connectivity index (χ2v) is 8.61. The minimum Gasteiger partial charge on any atom is -0.508 e. The van der Waals surface area contributed by atoms with E-state index in [2.05, 4.69) is 63.2 Å². The molecule has 0 aliphatic carbocycles. The van der Waals surface area contributed by atoms with Gasteiger partial charge in [0.2, 0.25) is 0 Å². The Balaban J connectivity index is 1.32. The third-order valence-electron chi connectivity index (χ3n) is 6.41. The number of H-pyrrole nitrogens is 2. The first kappa shape index (κ1) is 19.0. The van der Waals surface area contributed by atoms with Gasteiger partial charge in [0.05, 0.1) is 11.0 Å². The lowest BCUT2D eigenvalue weighted by molar-refractivity contribution is 0.313. The van der Waals surface area contributed by atoms with Crippen LogP contribution >= 0.6 is 0 Å². The molecule has 1 aliphatic rings. The van der Waals surface area contributed by atoms with Crippen molar-refractivity contribution in [1.29, 1.82) is 0 Å². The second kappa shape index (κ2) is 7.43. The minimum absolute atomic E-state index is 0.252. The van der Waals surface area contributed by atoms with Crippen LogP contribution in [0.4, 0.5) is 5.69 Å². The van der Waals surface area contributed by atoms with Crippen molar-refractivity contribution in [3.05, 3.63) is 66.7 Å². The lowest BCUT2D eigenvalue weighted by Crippen LogP contribution is -2.44. The molecule has 0 spiro atoms. The average molecular weight is 424 g/mol. The number of anilines is 1. The highest BCUT2D eigenvalue weighted by Gasteiger charge is 2.15. The second-order valence-electron chi connectivity index (χ2n) is 8.61. The molecule has 3 heterocycles. The highest BCUT2D eigenvalue weighted by Crippen LogP contribution is 2.30. The van der Waals surface area contributed by atoms with Gasteiger partial charge in [-0.2, -0.15) is 0 Å². The van der Waals surface area contributed by atoms with Gasteiger partial charge in [-0.05, 0) is 67.7 Å². The first-order chi connectivity index (χ1) is 15.6. The zero-order chi connectivity index (χ0) is 21.7. The Morgan fingerprint density at radius 1 is 0.781 bits per heavy atom. The van der Waals surface area contributed by atoms with E-state index in [1.807, 2.05) is 18.2 Å². The SMILES string of the molecule is CN1CCN(c2ccc3[nH]c(-c4ccc5nc(-c6ccc(O)cc6)[nH]c5c4)cc3c2)CC1. The first-order valence-corrected chi connectivity index (χ1v) is 11.0. The lowest BCUT2D eigenvalue weighted by atomic mass is 10.1. The van der Waals surface area contributed by atoms with Gasteiger partial charge in [0, 0.05) is 59.6 Å². The van der Waals surface area contributed by atoms with Crippen molar-refractivity contribution in [3.8, 4) is 28.4 Å². The van der Waals surface area contributed by atoms with E-state index in [0.717, 1.165) is 65.4 Å². The summed E-state index contributed by atoms with van der Waals surface area (Å²) in [7, 11) is 2.18. The molecular weight excluding hydrogens is 398 g/mol. The largest absolute Gasteiger partial charge is 0.508 e. The number of phenols is 1. The number of phenolic OH excluding ortho intramolecular Hbond substituents is 1. The molecule has 6 rings (SSSR count). The third-order valence-corrected chi connectivity index (χ3v) is 6.41. The Kier molecular flexibility index (Phi) is 4.40. The van der Waals surface area contributed by atoms with Crippen LogP contribution in [-0.4, -0.2) is 58.2 Å². The average Bonchev–Trinajstić information content (AvgIpc) is 3.43. The van der Waals surface area contributed by atoms with E-state index < -0.39 is 0 Å². The van der Waals surface area contributed by atoms with Crippen LogP contribution in [0.2, 0.25) is 0 Å². The van der Waals surface area contributed by atoms with Gasteiger partial charge in [0.1, 0.15) is 11.6 Å². The number of aromatic amines is 2. The van der Waals surface area contributed by atoms with Crippen molar-refractivity contribution in [2.75, 3.05) is 38.1 Å². The number of piperazine rings is 1. The summed E-state index contributed by atoms with van der Waals surface area (Å²) in [4.78, 5) is 16.5. The molecule has 1 fully saturated rings. The summed E-state index contributed by atoms with van der Waals surface area (Å²) in [6.45, 7) is 4.35. The van der Waals surface area contributed by atoms with Crippen molar-refractivity contribution in [3.63, 3.8) is 0 Å². The summed E-state index contributed by atoms with van der Waals surface area (Å²) in [5, 5.41) is 10.8. The number of fused-ring (bicyclic) bond motifs is 2. The fraction of sp³-hybridized carbons (Fsp3) is 0.192. The molecule has 6 heteroatoms. The van der Waals surface area contributed by atoms with Crippen LogP contribution in [0.3, 0.4) is 0 Å². The summed E-state index contributed by atoms with van der Waals surface area (Å²) < 4.78 is 0. The van der Waals surface area contributed by atoms with E-state index in [4.69, 9.17) is 4.98 Å². The van der Waals surface area contributed by atoms with E-state index in [9.17, 15) is 5.11 Å². The molecule has 0 unspecified atom stereocenters. The van der Waals surface area contributed by atoms with E-state index in [0.29, 0.717) is 0 Å². The monoisotopic (exact) mass is 423 g/mol. The molecule has 0 bridgehead atoms. The van der Waals surface area contributed by atoms with E-state index in [1.165, 1.54) is 11.1 Å². The van der Waals surface area contributed by atoms with Crippen LogP contribution in [-0.2, 0) is 0 Å². The predicted molar refractivity (Wildman–Crippen MR) is 130 cm³/mol. The maximum atomic E-state index is 9.53. The van der Waals surface area contributed by atoms with Gasteiger partial charge < -0.3 is 24.9 Å². The van der Waals surface area contributed by atoms with Crippen LogP contribution in [0.5, 0.6) is 5.75 Å². The molecule has 1 aliphatic heterocycles. The van der Waals surface area contributed by atoms with Gasteiger partial charge in [0.25, 0.3) is 0 Å². The summed E-state index contributed by atoms with van der Waals surface area (Å²) in [6, 6.07) is 22.3. The van der Waals surface area contributed by atoms with Gasteiger partial charge in [-0.15, -0.1) is 0 Å². The van der Waals surface area contributed by atoms with Crippen LogP contribution in [0.1, 0.15) is 0 Å². The topological polar surface area (TPSA) is 71.2 Å². The molecule has 1 saturated heterocycles. The zero-order valence-electron chi connectivity index (χ0n) is 18.0. The Bertz CT molecular complexity index is 1410. The van der Waals surface area contributed by atoms with Gasteiger partial charge in [-0.25, -0.2) is 4.98 Å². The predicted octanol–water partition coefficient (Wildman–Crippen LogP) is 4.84. The van der Waals surface area contributed by atoms with Gasteiger partial charge in [-0.3, -0.25) is 0 Å². The molecule has 0 saturated carbocycles. The molecule has 5 aromatic rings. The standard InChI is InChI=1S/C26H25N5O/c1-30-10-12-31(13-11-30)20-5-9-22-19(14-20)16-24(27-22)18-4-8-23-25(15-18)29-26(28-23)17-2-6-21(32)7-3-17/h2-9,14-16,27,32H,10-13H2,1H3,(H,28,29). The van der Waals surface area contributed by atoms with E-state index in [-0.39, 0.29) is 5.75 Å². The fourth-order valence-corrected chi connectivity index (χ4v) is 4.47. The summed E-state index contributed by atoms with van der Waals surface area (Å²) in [6.07, 6.45) is 0. The van der Waals surface area contributed by atoms with E-state index in [1.54, 1.807) is 12.1 Å². The Hall–Kier alpha value is -3.77. The van der Waals surface area contributed by atoms with Gasteiger partial charge in [0.15, 0.2) is 0 Å². The normalized spacial score (nSPS) is 15.1.